The summed E-state index contributed by atoms with van der Waals surface area (Å²) in [5.74, 6) is 0.972. The minimum atomic E-state index is -0.581. The lowest BCUT2D eigenvalue weighted by atomic mass is 10.3. The Morgan fingerprint density at radius 3 is 2.70 bits per heavy atom. The standard InChI is InChI=1S/C7H15O2P/c1-8-10(2)9-6-5-7-3-4-7/h7H,3-6H2,1-2H3. The highest BCUT2D eigenvalue weighted by Crippen LogP contribution is 2.36. The molecule has 3 heteroatoms. The normalized spacial score (nSPS) is 21.0. The van der Waals surface area contributed by atoms with Gasteiger partial charge in [-0.3, -0.25) is 0 Å². The van der Waals surface area contributed by atoms with Crippen molar-refractivity contribution in [3.8, 4) is 0 Å². The van der Waals surface area contributed by atoms with Crippen molar-refractivity contribution >= 4 is 8.38 Å². The molecule has 0 heterocycles. The second-order valence-corrected chi connectivity index (χ2v) is 4.19. The molecule has 0 aromatic rings. The molecular formula is C7H15O2P. The molecule has 0 radical (unpaired) electrons. The van der Waals surface area contributed by atoms with E-state index in [0.717, 1.165) is 12.5 Å². The van der Waals surface area contributed by atoms with Crippen LogP contribution in [0.1, 0.15) is 19.3 Å². The molecule has 1 atom stereocenters. The Morgan fingerprint density at radius 2 is 2.20 bits per heavy atom. The largest absolute Gasteiger partial charge is 0.338 e. The van der Waals surface area contributed by atoms with E-state index in [1.165, 1.54) is 19.3 Å². The smallest absolute Gasteiger partial charge is 0.166 e. The molecule has 0 bridgehead atoms. The van der Waals surface area contributed by atoms with Gasteiger partial charge in [-0.05, 0) is 12.3 Å². The predicted molar refractivity (Wildman–Crippen MR) is 43.1 cm³/mol. The van der Waals surface area contributed by atoms with Crippen LogP contribution in [0.3, 0.4) is 0 Å². The van der Waals surface area contributed by atoms with E-state index >= 15 is 0 Å². The SMILES string of the molecule is COP(C)OCCC1CC1. The Balaban J connectivity index is 1.83. The highest BCUT2D eigenvalue weighted by molar-refractivity contribution is 7.46. The molecule has 0 saturated heterocycles. The third-order valence-electron chi connectivity index (χ3n) is 1.75. The number of rotatable bonds is 5. The van der Waals surface area contributed by atoms with Crippen LogP contribution < -0.4 is 0 Å². The summed E-state index contributed by atoms with van der Waals surface area (Å²) < 4.78 is 10.4. The van der Waals surface area contributed by atoms with Crippen LogP contribution in [0, 0.1) is 5.92 Å². The van der Waals surface area contributed by atoms with Gasteiger partial charge in [-0.1, -0.05) is 12.8 Å². The fraction of sp³-hybridized carbons (Fsp3) is 1.00. The van der Waals surface area contributed by atoms with Gasteiger partial charge in [0.2, 0.25) is 0 Å². The zero-order chi connectivity index (χ0) is 7.40. The first-order valence-electron chi connectivity index (χ1n) is 3.73. The second-order valence-electron chi connectivity index (χ2n) is 2.69. The summed E-state index contributed by atoms with van der Waals surface area (Å²) in [6, 6.07) is 0. The van der Waals surface area contributed by atoms with Gasteiger partial charge in [-0.25, -0.2) is 0 Å². The van der Waals surface area contributed by atoms with Crippen LogP contribution in [0.2, 0.25) is 0 Å². The highest BCUT2D eigenvalue weighted by atomic mass is 31.2. The monoisotopic (exact) mass is 162 g/mol. The molecule has 0 amide bonds. The minimum absolute atomic E-state index is 0.581. The number of hydrogen-bond donors (Lipinski definition) is 0. The molecule has 1 unspecified atom stereocenters. The maximum Gasteiger partial charge on any atom is 0.166 e. The summed E-state index contributed by atoms with van der Waals surface area (Å²) in [4.78, 5) is 0. The van der Waals surface area contributed by atoms with Crippen molar-refractivity contribution in [3.05, 3.63) is 0 Å². The van der Waals surface area contributed by atoms with E-state index in [1.807, 2.05) is 6.66 Å². The van der Waals surface area contributed by atoms with Crippen LogP contribution in [-0.4, -0.2) is 20.4 Å². The molecule has 1 rings (SSSR count). The minimum Gasteiger partial charge on any atom is -0.338 e. The zero-order valence-electron chi connectivity index (χ0n) is 6.67. The first-order valence-corrected chi connectivity index (χ1v) is 5.36. The van der Waals surface area contributed by atoms with Gasteiger partial charge in [-0.15, -0.1) is 0 Å². The molecule has 0 aromatic carbocycles. The lowest BCUT2D eigenvalue weighted by Crippen LogP contribution is -1.90. The van der Waals surface area contributed by atoms with E-state index in [0.29, 0.717) is 0 Å². The Labute approximate surface area is 63.8 Å². The quantitative estimate of drug-likeness (QED) is 0.578. The summed E-state index contributed by atoms with van der Waals surface area (Å²) in [6.45, 7) is 2.88. The van der Waals surface area contributed by atoms with Crippen molar-refractivity contribution < 1.29 is 9.05 Å². The van der Waals surface area contributed by atoms with E-state index in [1.54, 1.807) is 7.11 Å². The highest BCUT2D eigenvalue weighted by Gasteiger charge is 2.20. The van der Waals surface area contributed by atoms with Crippen molar-refractivity contribution in [1.82, 2.24) is 0 Å². The molecular weight excluding hydrogens is 147 g/mol. The molecule has 0 N–H and O–H groups in total. The van der Waals surface area contributed by atoms with Crippen molar-refractivity contribution in [2.45, 2.75) is 19.3 Å². The molecule has 1 aliphatic rings. The average molecular weight is 162 g/mol. The molecule has 1 fully saturated rings. The summed E-state index contributed by atoms with van der Waals surface area (Å²) in [5, 5.41) is 0. The maximum atomic E-state index is 5.38. The molecule has 2 nitrogen and oxygen atoms in total. The average Bonchev–Trinajstić information content (AvgIpc) is 2.71. The molecule has 0 spiro atoms. The predicted octanol–water partition coefficient (Wildman–Crippen LogP) is 2.39. The van der Waals surface area contributed by atoms with E-state index in [4.69, 9.17) is 9.05 Å². The molecule has 60 valence electrons. The summed E-state index contributed by atoms with van der Waals surface area (Å²) in [6.07, 6.45) is 4.06. The molecule has 1 aliphatic carbocycles. The van der Waals surface area contributed by atoms with E-state index in [-0.39, 0.29) is 0 Å². The first-order chi connectivity index (χ1) is 4.83. The third-order valence-corrected chi connectivity index (χ3v) is 2.81. The number of hydrogen-bond acceptors (Lipinski definition) is 2. The van der Waals surface area contributed by atoms with Crippen molar-refractivity contribution in [2.75, 3.05) is 20.4 Å². The van der Waals surface area contributed by atoms with Gasteiger partial charge in [0.15, 0.2) is 8.38 Å². The molecule has 1 saturated carbocycles. The summed E-state index contributed by atoms with van der Waals surface area (Å²) in [5.41, 5.74) is 0. The fourth-order valence-electron chi connectivity index (χ4n) is 0.807. The zero-order valence-corrected chi connectivity index (χ0v) is 7.56. The van der Waals surface area contributed by atoms with Gasteiger partial charge in [0.25, 0.3) is 0 Å². The fourth-order valence-corrected chi connectivity index (χ4v) is 1.28. The topological polar surface area (TPSA) is 18.5 Å². The lowest BCUT2D eigenvalue weighted by Gasteiger charge is -2.08. The Kier molecular flexibility index (Phi) is 3.61. The van der Waals surface area contributed by atoms with Crippen LogP contribution in [0.15, 0.2) is 0 Å². The Hall–Kier alpha value is 0.350. The van der Waals surface area contributed by atoms with Crippen LogP contribution in [0.5, 0.6) is 0 Å². The Morgan fingerprint density at radius 1 is 1.50 bits per heavy atom. The van der Waals surface area contributed by atoms with Crippen molar-refractivity contribution in [2.24, 2.45) is 5.92 Å². The van der Waals surface area contributed by atoms with Gasteiger partial charge in [0, 0.05) is 13.8 Å². The van der Waals surface area contributed by atoms with E-state index in [2.05, 4.69) is 0 Å². The van der Waals surface area contributed by atoms with Crippen LogP contribution >= 0.6 is 8.38 Å². The maximum absolute atomic E-state index is 5.38. The molecule has 10 heavy (non-hydrogen) atoms. The van der Waals surface area contributed by atoms with Gasteiger partial charge in [0.1, 0.15) is 0 Å². The Bertz CT molecular complexity index is 93.6. The first kappa shape index (κ1) is 8.45. The van der Waals surface area contributed by atoms with Crippen molar-refractivity contribution in [1.29, 1.82) is 0 Å². The van der Waals surface area contributed by atoms with Gasteiger partial charge in [-0.2, -0.15) is 0 Å². The van der Waals surface area contributed by atoms with Crippen LogP contribution in [-0.2, 0) is 9.05 Å². The van der Waals surface area contributed by atoms with Gasteiger partial charge >= 0.3 is 0 Å². The van der Waals surface area contributed by atoms with Crippen LogP contribution in [0.25, 0.3) is 0 Å². The van der Waals surface area contributed by atoms with Gasteiger partial charge < -0.3 is 9.05 Å². The van der Waals surface area contributed by atoms with Crippen LogP contribution in [0.4, 0.5) is 0 Å². The van der Waals surface area contributed by atoms with E-state index < -0.39 is 8.38 Å². The van der Waals surface area contributed by atoms with E-state index in [9.17, 15) is 0 Å². The molecule has 0 aliphatic heterocycles. The second kappa shape index (κ2) is 4.27. The summed E-state index contributed by atoms with van der Waals surface area (Å²) >= 11 is 0. The van der Waals surface area contributed by atoms with Crippen molar-refractivity contribution in [3.63, 3.8) is 0 Å². The summed E-state index contributed by atoms with van der Waals surface area (Å²) in [7, 11) is 1.12. The third kappa shape index (κ3) is 3.50. The molecule has 0 aromatic heterocycles. The van der Waals surface area contributed by atoms with Gasteiger partial charge in [0.05, 0.1) is 6.61 Å². The lowest BCUT2D eigenvalue weighted by molar-refractivity contribution is 0.277.